The van der Waals surface area contributed by atoms with E-state index in [1.807, 2.05) is 12.1 Å². The molecule has 0 saturated carbocycles. The van der Waals surface area contributed by atoms with Crippen molar-refractivity contribution in [3.8, 4) is 0 Å². The summed E-state index contributed by atoms with van der Waals surface area (Å²) in [6.07, 6.45) is 1.72. The second-order valence-corrected chi connectivity index (χ2v) is 5.21. The van der Waals surface area contributed by atoms with Gasteiger partial charge in [0.2, 0.25) is 0 Å². The number of methoxy groups -OCH3 is 1. The molecule has 1 aromatic heterocycles. The predicted molar refractivity (Wildman–Crippen MR) is 73.6 cm³/mol. The number of likely N-dealkylation sites (N-methyl/N-ethyl adjacent to an activating group) is 1. The molecule has 1 heterocycles. The Kier molecular flexibility index (Phi) is 6.39. The fourth-order valence-corrected chi connectivity index (χ4v) is 1.95. The van der Waals surface area contributed by atoms with E-state index in [4.69, 9.17) is 9.15 Å². The van der Waals surface area contributed by atoms with Gasteiger partial charge in [-0.25, -0.2) is 0 Å². The first-order valence-electron chi connectivity index (χ1n) is 6.48. The van der Waals surface area contributed by atoms with Crippen molar-refractivity contribution in [2.24, 2.45) is 5.92 Å². The maximum absolute atomic E-state index is 5.50. The van der Waals surface area contributed by atoms with Crippen molar-refractivity contribution in [1.82, 2.24) is 10.2 Å². The average molecular weight is 254 g/mol. The lowest BCUT2D eigenvalue weighted by atomic mass is 10.0. The van der Waals surface area contributed by atoms with Crippen molar-refractivity contribution in [1.29, 1.82) is 0 Å². The Morgan fingerprint density at radius 2 is 2.11 bits per heavy atom. The Hall–Kier alpha value is -0.840. The minimum Gasteiger partial charge on any atom is -0.468 e. The first-order valence-corrected chi connectivity index (χ1v) is 6.48. The highest BCUT2D eigenvalue weighted by atomic mass is 16.5. The van der Waals surface area contributed by atoms with Gasteiger partial charge in [0.1, 0.15) is 5.76 Å². The van der Waals surface area contributed by atoms with E-state index in [0.717, 1.165) is 18.9 Å². The SMILES string of the molecule is COCC(NCC(c1ccco1)N(C)C)C(C)C. The highest BCUT2D eigenvalue weighted by Crippen LogP contribution is 2.18. The fraction of sp³-hybridized carbons (Fsp3) is 0.714. The maximum atomic E-state index is 5.50. The average Bonchev–Trinajstić information content (AvgIpc) is 2.80. The number of furan rings is 1. The molecule has 2 unspecified atom stereocenters. The van der Waals surface area contributed by atoms with Crippen molar-refractivity contribution in [3.05, 3.63) is 24.2 Å². The van der Waals surface area contributed by atoms with Crippen molar-refractivity contribution in [2.45, 2.75) is 25.9 Å². The normalized spacial score (nSPS) is 15.3. The van der Waals surface area contributed by atoms with E-state index in [-0.39, 0.29) is 6.04 Å². The molecule has 1 aromatic rings. The third-order valence-electron chi connectivity index (χ3n) is 3.22. The Balaban J connectivity index is 2.57. The highest BCUT2D eigenvalue weighted by molar-refractivity contribution is 5.05. The van der Waals surface area contributed by atoms with Crippen LogP contribution in [-0.2, 0) is 4.74 Å². The van der Waals surface area contributed by atoms with Crippen LogP contribution in [0.5, 0.6) is 0 Å². The molecule has 0 amide bonds. The summed E-state index contributed by atoms with van der Waals surface area (Å²) in [7, 11) is 5.87. The standard InChI is InChI=1S/C14H26N2O2/c1-11(2)12(10-17-5)15-9-13(16(3)4)14-7-6-8-18-14/h6-8,11-13,15H,9-10H2,1-5H3. The molecule has 0 radical (unpaired) electrons. The lowest BCUT2D eigenvalue weighted by Gasteiger charge is -2.27. The molecule has 4 heteroatoms. The summed E-state index contributed by atoms with van der Waals surface area (Å²) < 4.78 is 10.7. The van der Waals surface area contributed by atoms with E-state index in [2.05, 4.69) is 38.2 Å². The molecule has 18 heavy (non-hydrogen) atoms. The number of rotatable bonds is 8. The van der Waals surface area contributed by atoms with Gasteiger partial charge in [0, 0.05) is 19.7 Å². The van der Waals surface area contributed by atoms with Crippen LogP contribution in [0.3, 0.4) is 0 Å². The minimum atomic E-state index is 0.248. The molecule has 0 aliphatic carbocycles. The van der Waals surface area contributed by atoms with E-state index >= 15 is 0 Å². The van der Waals surface area contributed by atoms with Gasteiger partial charge in [-0.05, 0) is 32.1 Å². The first-order chi connectivity index (χ1) is 8.56. The van der Waals surface area contributed by atoms with Crippen molar-refractivity contribution >= 4 is 0 Å². The summed E-state index contributed by atoms with van der Waals surface area (Å²) in [5.41, 5.74) is 0. The smallest absolute Gasteiger partial charge is 0.122 e. The Bertz CT molecular complexity index is 310. The number of hydrogen-bond acceptors (Lipinski definition) is 4. The molecule has 0 spiro atoms. The fourth-order valence-electron chi connectivity index (χ4n) is 1.95. The molecule has 4 nitrogen and oxygen atoms in total. The van der Waals surface area contributed by atoms with Crippen LogP contribution in [0.15, 0.2) is 22.8 Å². The summed E-state index contributed by atoms with van der Waals surface area (Å²) in [5, 5.41) is 3.56. The Morgan fingerprint density at radius 1 is 1.39 bits per heavy atom. The van der Waals surface area contributed by atoms with Gasteiger partial charge in [0.25, 0.3) is 0 Å². The molecule has 0 saturated heterocycles. The molecule has 0 bridgehead atoms. The second kappa shape index (κ2) is 7.56. The van der Waals surface area contributed by atoms with Gasteiger partial charge in [0.15, 0.2) is 0 Å². The van der Waals surface area contributed by atoms with E-state index in [9.17, 15) is 0 Å². The molecule has 1 N–H and O–H groups in total. The number of nitrogens with zero attached hydrogens (tertiary/aromatic N) is 1. The molecule has 0 aliphatic heterocycles. The molecule has 2 atom stereocenters. The topological polar surface area (TPSA) is 37.6 Å². The van der Waals surface area contributed by atoms with Gasteiger partial charge in [-0.1, -0.05) is 13.8 Å². The van der Waals surface area contributed by atoms with E-state index < -0.39 is 0 Å². The second-order valence-electron chi connectivity index (χ2n) is 5.21. The van der Waals surface area contributed by atoms with Crippen LogP contribution in [-0.4, -0.2) is 45.3 Å². The first kappa shape index (κ1) is 15.2. The molecule has 0 fully saturated rings. The van der Waals surface area contributed by atoms with Gasteiger partial charge >= 0.3 is 0 Å². The van der Waals surface area contributed by atoms with Crippen LogP contribution in [0.4, 0.5) is 0 Å². The van der Waals surface area contributed by atoms with Gasteiger partial charge in [-0.15, -0.1) is 0 Å². The largest absolute Gasteiger partial charge is 0.468 e. The van der Waals surface area contributed by atoms with E-state index in [1.165, 1.54) is 0 Å². The third-order valence-corrected chi connectivity index (χ3v) is 3.22. The number of hydrogen-bond donors (Lipinski definition) is 1. The van der Waals surface area contributed by atoms with Crippen LogP contribution in [0, 0.1) is 5.92 Å². The van der Waals surface area contributed by atoms with Gasteiger partial charge in [-0.3, -0.25) is 4.90 Å². The summed E-state index contributed by atoms with van der Waals surface area (Å²) >= 11 is 0. The number of nitrogens with one attached hydrogen (secondary N) is 1. The number of ether oxygens (including phenoxy) is 1. The molecule has 0 aromatic carbocycles. The summed E-state index contributed by atoms with van der Waals surface area (Å²) in [6, 6.07) is 4.57. The van der Waals surface area contributed by atoms with Crippen molar-refractivity contribution < 1.29 is 9.15 Å². The Labute approximate surface area is 110 Å². The molecule has 0 aliphatic rings. The van der Waals surface area contributed by atoms with Crippen molar-refractivity contribution in [2.75, 3.05) is 34.4 Å². The molecular weight excluding hydrogens is 228 g/mol. The quantitative estimate of drug-likeness (QED) is 0.771. The lowest BCUT2D eigenvalue weighted by molar-refractivity contribution is 0.138. The zero-order chi connectivity index (χ0) is 13.5. The summed E-state index contributed by atoms with van der Waals surface area (Å²) in [5.74, 6) is 1.54. The summed E-state index contributed by atoms with van der Waals surface area (Å²) in [6.45, 7) is 5.99. The maximum Gasteiger partial charge on any atom is 0.122 e. The van der Waals surface area contributed by atoms with Crippen LogP contribution in [0.25, 0.3) is 0 Å². The minimum absolute atomic E-state index is 0.248. The Morgan fingerprint density at radius 3 is 2.56 bits per heavy atom. The molecule has 1 rings (SSSR count). The molecule has 104 valence electrons. The van der Waals surface area contributed by atoms with Gasteiger partial charge < -0.3 is 14.5 Å². The van der Waals surface area contributed by atoms with Gasteiger partial charge in [0.05, 0.1) is 18.9 Å². The monoisotopic (exact) mass is 254 g/mol. The highest BCUT2D eigenvalue weighted by Gasteiger charge is 2.20. The third kappa shape index (κ3) is 4.44. The van der Waals surface area contributed by atoms with Crippen LogP contribution in [0.1, 0.15) is 25.6 Å². The zero-order valence-electron chi connectivity index (χ0n) is 12.1. The van der Waals surface area contributed by atoms with E-state index in [0.29, 0.717) is 12.0 Å². The van der Waals surface area contributed by atoms with E-state index in [1.54, 1.807) is 13.4 Å². The van der Waals surface area contributed by atoms with Crippen LogP contribution in [0.2, 0.25) is 0 Å². The summed E-state index contributed by atoms with van der Waals surface area (Å²) in [4.78, 5) is 2.16. The molecular formula is C14H26N2O2. The van der Waals surface area contributed by atoms with Crippen molar-refractivity contribution in [3.63, 3.8) is 0 Å². The van der Waals surface area contributed by atoms with Crippen LogP contribution >= 0.6 is 0 Å². The van der Waals surface area contributed by atoms with Gasteiger partial charge in [-0.2, -0.15) is 0 Å². The van der Waals surface area contributed by atoms with Crippen LogP contribution < -0.4 is 5.32 Å². The predicted octanol–water partition coefficient (Wildman–Crippen LogP) is 2.14. The zero-order valence-corrected chi connectivity index (χ0v) is 12.1. The lowest BCUT2D eigenvalue weighted by Crippen LogP contribution is -2.42.